The summed E-state index contributed by atoms with van der Waals surface area (Å²) >= 11 is 0. The number of ether oxygens (including phenoxy) is 1. The van der Waals surface area contributed by atoms with Gasteiger partial charge in [0, 0.05) is 13.1 Å². The molecule has 0 saturated carbocycles. The zero-order valence-corrected chi connectivity index (χ0v) is 9.62. The van der Waals surface area contributed by atoms with Gasteiger partial charge in [-0.3, -0.25) is 0 Å². The van der Waals surface area contributed by atoms with E-state index in [1.165, 1.54) is 0 Å². The third-order valence-electron chi connectivity index (χ3n) is 2.50. The molecule has 0 aromatic heterocycles. The van der Waals surface area contributed by atoms with Crippen LogP contribution in [0.3, 0.4) is 0 Å². The molecule has 0 bridgehead atoms. The van der Waals surface area contributed by atoms with E-state index >= 15 is 0 Å². The van der Waals surface area contributed by atoms with Crippen molar-refractivity contribution in [3.8, 4) is 0 Å². The van der Waals surface area contributed by atoms with Gasteiger partial charge in [-0.1, -0.05) is 30.3 Å². The minimum atomic E-state index is 0.445. The summed E-state index contributed by atoms with van der Waals surface area (Å²) in [4.78, 5) is 1.96. The van der Waals surface area contributed by atoms with Crippen molar-refractivity contribution in [2.75, 3.05) is 26.3 Å². The van der Waals surface area contributed by atoms with Gasteiger partial charge in [0.25, 0.3) is 0 Å². The summed E-state index contributed by atoms with van der Waals surface area (Å²) in [5, 5.41) is 7.95. The summed E-state index contributed by atoms with van der Waals surface area (Å²) < 4.78 is 5.23. The lowest BCUT2D eigenvalue weighted by atomic mass is 10.2. The summed E-state index contributed by atoms with van der Waals surface area (Å²) in [6.07, 6.45) is 1.69. The molecule has 17 heavy (non-hydrogen) atoms. The van der Waals surface area contributed by atoms with Crippen molar-refractivity contribution < 1.29 is 4.74 Å². The Morgan fingerprint density at radius 2 is 1.94 bits per heavy atom. The normalized spacial score (nSPS) is 17.6. The van der Waals surface area contributed by atoms with Gasteiger partial charge in [-0.25, -0.2) is 0 Å². The Morgan fingerprint density at radius 3 is 2.65 bits per heavy atom. The topological polar surface area (TPSA) is 63.2 Å². The van der Waals surface area contributed by atoms with Crippen molar-refractivity contribution in [1.29, 1.82) is 0 Å². The predicted molar refractivity (Wildman–Crippen MR) is 68.1 cm³/mol. The second-order valence-corrected chi connectivity index (χ2v) is 3.71. The fourth-order valence-corrected chi connectivity index (χ4v) is 1.55. The highest BCUT2D eigenvalue weighted by Crippen LogP contribution is 1.97. The van der Waals surface area contributed by atoms with E-state index in [2.05, 4.69) is 10.2 Å². The van der Waals surface area contributed by atoms with Gasteiger partial charge in [-0.15, -0.1) is 5.10 Å². The smallest absolute Gasteiger partial charge is 0.216 e. The molecule has 2 rings (SSSR count). The van der Waals surface area contributed by atoms with E-state index in [-0.39, 0.29) is 0 Å². The van der Waals surface area contributed by atoms with E-state index in [9.17, 15) is 0 Å². The highest BCUT2D eigenvalue weighted by molar-refractivity contribution is 5.82. The molecule has 1 saturated heterocycles. The van der Waals surface area contributed by atoms with Gasteiger partial charge in [0.2, 0.25) is 5.96 Å². The summed E-state index contributed by atoms with van der Waals surface area (Å²) in [5.41, 5.74) is 6.82. The average molecular weight is 232 g/mol. The maximum atomic E-state index is 5.82. The number of morpholine rings is 1. The minimum absolute atomic E-state index is 0.445. The molecule has 0 spiro atoms. The molecule has 90 valence electrons. The first-order valence-corrected chi connectivity index (χ1v) is 5.60. The van der Waals surface area contributed by atoms with Gasteiger partial charge in [-0.2, -0.15) is 5.10 Å². The molecule has 1 aliphatic heterocycles. The zero-order chi connectivity index (χ0) is 11.9. The van der Waals surface area contributed by atoms with Gasteiger partial charge in [0.1, 0.15) is 0 Å². The van der Waals surface area contributed by atoms with Gasteiger partial charge in [0.05, 0.1) is 19.4 Å². The third-order valence-corrected chi connectivity index (χ3v) is 2.50. The number of benzene rings is 1. The van der Waals surface area contributed by atoms with Gasteiger partial charge >= 0.3 is 0 Å². The molecule has 2 N–H and O–H groups in total. The zero-order valence-electron chi connectivity index (χ0n) is 9.62. The summed E-state index contributed by atoms with van der Waals surface area (Å²) in [7, 11) is 0. The Hall–Kier alpha value is -1.88. The molecule has 1 heterocycles. The van der Waals surface area contributed by atoms with Crippen molar-refractivity contribution in [2.45, 2.75) is 0 Å². The van der Waals surface area contributed by atoms with Gasteiger partial charge in [0.15, 0.2) is 0 Å². The number of nitrogens with two attached hydrogens (primary N) is 1. The molecule has 0 unspecified atom stereocenters. The van der Waals surface area contributed by atoms with Crippen LogP contribution in [0.5, 0.6) is 0 Å². The monoisotopic (exact) mass is 232 g/mol. The molecular formula is C12H16N4O. The van der Waals surface area contributed by atoms with Gasteiger partial charge in [-0.05, 0) is 5.56 Å². The van der Waals surface area contributed by atoms with Crippen LogP contribution in [0, 0.1) is 0 Å². The molecule has 1 aromatic rings. The Labute approximate surface area is 101 Å². The van der Waals surface area contributed by atoms with Crippen LogP contribution in [0.4, 0.5) is 0 Å². The summed E-state index contributed by atoms with van der Waals surface area (Å²) in [6, 6.07) is 9.80. The first-order chi connectivity index (χ1) is 8.36. The van der Waals surface area contributed by atoms with Crippen molar-refractivity contribution in [2.24, 2.45) is 15.9 Å². The van der Waals surface area contributed by atoms with Crippen LogP contribution in [0.1, 0.15) is 5.56 Å². The van der Waals surface area contributed by atoms with Gasteiger partial charge < -0.3 is 15.4 Å². The van der Waals surface area contributed by atoms with Crippen LogP contribution in [0.2, 0.25) is 0 Å². The van der Waals surface area contributed by atoms with Crippen molar-refractivity contribution in [3.63, 3.8) is 0 Å². The van der Waals surface area contributed by atoms with Crippen molar-refractivity contribution in [1.82, 2.24) is 4.90 Å². The lowest BCUT2D eigenvalue weighted by Crippen LogP contribution is -2.44. The average Bonchev–Trinajstić information content (AvgIpc) is 2.41. The first-order valence-electron chi connectivity index (χ1n) is 5.60. The van der Waals surface area contributed by atoms with Crippen LogP contribution >= 0.6 is 0 Å². The largest absolute Gasteiger partial charge is 0.378 e. The lowest BCUT2D eigenvalue weighted by molar-refractivity contribution is 0.0674. The predicted octanol–water partition coefficient (Wildman–Crippen LogP) is 0.667. The molecule has 0 aliphatic carbocycles. The third kappa shape index (κ3) is 3.57. The highest BCUT2D eigenvalue weighted by Gasteiger charge is 2.11. The molecule has 0 atom stereocenters. The van der Waals surface area contributed by atoms with E-state index in [0.717, 1.165) is 18.7 Å². The molecule has 5 heteroatoms. The summed E-state index contributed by atoms with van der Waals surface area (Å²) in [6.45, 7) is 2.93. The van der Waals surface area contributed by atoms with Crippen LogP contribution in [0.15, 0.2) is 40.5 Å². The number of nitrogens with zero attached hydrogens (tertiary/aromatic N) is 3. The number of hydrogen-bond acceptors (Lipinski definition) is 3. The van der Waals surface area contributed by atoms with E-state index in [1.54, 1.807) is 6.21 Å². The van der Waals surface area contributed by atoms with E-state index < -0.39 is 0 Å². The highest BCUT2D eigenvalue weighted by atomic mass is 16.5. The SMILES string of the molecule is N/C(=N\N=Cc1ccccc1)N1CCOCC1. The van der Waals surface area contributed by atoms with Crippen LogP contribution < -0.4 is 5.73 Å². The van der Waals surface area contributed by atoms with Crippen LogP contribution in [0.25, 0.3) is 0 Å². The summed E-state index contributed by atoms with van der Waals surface area (Å²) in [5.74, 6) is 0.445. The fourth-order valence-electron chi connectivity index (χ4n) is 1.55. The Morgan fingerprint density at radius 1 is 1.24 bits per heavy atom. The second-order valence-electron chi connectivity index (χ2n) is 3.71. The lowest BCUT2D eigenvalue weighted by Gasteiger charge is -2.26. The van der Waals surface area contributed by atoms with E-state index in [4.69, 9.17) is 10.5 Å². The Kier molecular flexibility index (Phi) is 4.10. The quantitative estimate of drug-likeness (QED) is 0.463. The molecule has 0 amide bonds. The number of guanidine groups is 1. The van der Waals surface area contributed by atoms with E-state index in [1.807, 2.05) is 35.2 Å². The standard InChI is InChI=1S/C12H16N4O/c13-12(16-6-8-17-9-7-16)15-14-10-11-4-2-1-3-5-11/h1-5,10H,6-9H2,(H2,13,15). The molecule has 0 radical (unpaired) electrons. The molecule has 1 aromatic carbocycles. The second kappa shape index (κ2) is 6.00. The number of rotatable bonds is 2. The van der Waals surface area contributed by atoms with Crippen LogP contribution in [-0.4, -0.2) is 43.4 Å². The molecule has 1 aliphatic rings. The molecule has 1 fully saturated rings. The maximum absolute atomic E-state index is 5.82. The van der Waals surface area contributed by atoms with Crippen molar-refractivity contribution >= 4 is 12.2 Å². The van der Waals surface area contributed by atoms with Crippen LogP contribution in [-0.2, 0) is 4.74 Å². The Balaban J connectivity index is 1.93. The fraction of sp³-hybridized carbons (Fsp3) is 0.333. The molecule has 5 nitrogen and oxygen atoms in total. The Bertz CT molecular complexity index is 396. The maximum Gasteiger partial charge on any atom is 0.216 e. The molecular weight excluding hydrogens is 216 g/mol. The van der Waals surface area contributed by atoms with E-state index in [0.29, 0.717) is 19.2 Å². The van der Waals surface area contributed by atoms with Crippen molar-refractivity contribution in [3.05, 3.63) is 35.9 Å². The minimum Gasteiger partial charge on any atom is -0.378 e. The first kappa shape index (κ1) is 11.6. The number of hydrogen-bond donors (Lipinski definition) is 1.